The van der Waals surface area contributed by atoms with Crippen LogP contribution in [-0.2, 0) is 0 Å². The van der Waals surface area contributed by atoms with Crippen LogP contribution in [0.4, 0.5) is 0 Å². The minimum Gasteiger partial charge on any atom is -0.313 e. The molecule has 0 spiro atoms. The fraction of sp³-hybridized carbons (Fsp3) is 0.647. The van der Waals surface area contributed by atoms with E-state index in [1.807, 2.05) is 19.2 Å². The monoisotopic (exact) mass is 281 g/mol. The highest BCUT2D eigenvalue weighted by molar-refractivity contribution is 6.30. The Morgan fingerprint density at radius 1 is 0.947 bits per heavy atom. The van der Waals surface area contributed by atoms with Crippen molar-refractivity contribution >= 4 is 11.6 Å². The summed E-state index contributed by atoms with van der Waals surface area (Å²) in [5, 5.41) is 4.22. The van der Waals surface area contributed by atoms with Crippen molar-refractivity contribution < 1.29 is 0 Å². The van der Waals surface area contributed by atoms with E-state index < -0.39 is 0 Å². The first-order chi connectivity index (χ1) is 9.27. The second-order valence-electron chi connectivity index (χ2n) is 5.30. The van der Waals surface area contributed by atoms with Crippen molar-refractivity contribution in [2.24, 2.45) is 0 Å². The number of benzene rings is 1. The van der Waals surface area contributed by atoms with E-state index in [9.17, 15) is 0 Å². The molecule has 1 rings (SSSR count). The van der Waals surface area contributed by atoms with E-state index in [1.165, 1.54) is 56.9 Å². The SMILES string of the molecule is CCCCCCCCCC(NC)c1ccc(Cl)cc1. The zero-order chi connectivity index (χ0) is 13.9. The summed E-state index contributed by atoms with van der Waals surface area (Å²) in [5.74, 6) is 0. The predicted octanol–water partition coefficient (Wildman–Crippen LogP) is 5.74. The molecule has 0 saturated heterocycles. The Labute approximate surface area is 123 Å². The molecule has 0 heterocycles. The summed E-state index contributed by atoms with van der Waals surface area (Å²) >= 11 is 5.93. The third-order valence-electron chi connectivity index (χ3n) is 3.72. The maximum Gasteiger partial charge on any atom is 0.0406 e. The molecule has 1 N–H and O–H groups in total. The smallest absolute Gasteiger partial charge is 0.0406 e. The zero-order valence-electron chi connectivity index (χ0n) is 12.4. The van der Waals surface area contributed by atoms with Crippen LogP contribution in [0.3, 0.4) is 0 Å². The van der Waals surface area contributed by atoms with Crippen LogP contribution in [0.2, 0.25) is 5.02 Å². The third-order valence-corrected chi connectivity index (χ3v) is 3.97. The summed E-state index contributed by atoms with van der Waals surface area (Å²) in [6.45, 7) is 2.27. The number of nitrogens with one attached hydrogen (secondary N) is 1. The first-order valence-electron chi connectivity index (χ1n) is 7.70. The first-order valence-corrected chi connectivity index (χ1v) is 8.08. The zero-order valence-corrected chi connectivity index (χ0v) is 13.2. The van der Waals surface area contributed by atoms with Crippen molar-refractivity contribution in [1.29, 1.82) is 0 Å². The molecule has 0 saturated carbocycles. The maximum absolute atomic E-state index is 5.93. The lowest BCUT2D eigenvalue weighted by Gasteiger charge is -2.16. The Morgan fingerprint density at radius 3 is 2.11 bits per heavy atom. The molecule has 0 radical (unpaired) electrons. The van der Waals surface area contributed by atoms with Gasteiger partial charge in [0.25, 0.3) is 0 Å². The second kappa shape index (κ2) is 10.3. The molecule has 2 heteroatoms. The highest BCUT2D eigenvalue weighted by atomic mass is 35.5. The van der Waals surface area contributed by atoms with Gasteiger partial charge in [-0.15, -0.1) is 0 Å². The molecule has 1 nitrogen and oxygen atoms in total. The molecule has 1 aromatic carbocycles. The Morgan fingerprint density at radius 2 is 1.53 bits per heavy atom. The van der Waals surface area contributed by atoms with Gasteiger partial charge in [0, 0.05) is 11.1 Å². The lowest BCUT2D eigenvalue weighted by Crippen LogP contribution is -2.16. The van der Waals surface area contributed by atoms with E-state index in [1.54, 1.807) is 0 Å². The minimum atomic E-state index is 0.466. The third kappa shape index (κ3) is 6.98. The minimum absolute atomic E-state index is 0.466. The van der Waals surface area contributed by atoms with Crippen LogP contribution in [0.15, 0.2) is 24.3 Å². The van der Waals surface area contributed by atoms with Gasteiger partial charge in [0.1, 0.15) is 0 Å². The molecule has 108 valence electrons. The van der Waals surface area contributed by atoms with Crippen LogP contribution in [0.1, 0.15) is 69.9 Å². The van der Waals surface area contributed by atoms with Crippen LogP contribution in [0, 0.1) is 0 Å². The normalized spacial score (nSPS) is 12.6. The second-order valence-corrected chi connectivity index (χ2v) is 5.74. The van der Waals surface area contributed by atoms with Gasteiger partial charge in [0.05, 0.1) is 0 Å². The Bertz CT molecular complexity index is 321. The maximum atomic E-state index is 5.93. The molecule has 1 unspecified atom stereocenters. The Balaban J connectivity index is 2.20. The quantitative estimate of drug-likeness (QED) is 0.539. The van der Waals surface area contributed by atoms with E-state index in [-0.39, 0.29) is 0 Å². The molecule has 0 aliphatic carbocycles. The Hall–Kier alpha value is -0.530. The van der Waals surface area contributed by atoms with E-state index in [0.717, 1.165) is 5.02 Å². The summed E-state index contributed by atoms with van der Waals surface area (Å²) in [6.07, 6.45) is 10.8. The summed E-state index contributed by atoms with van der Waals surface area (Å²) in [4.78, 5) is 0. The summed E-state index contributed by atoms with van der Waals surface area (Å²) < 4.78 is 0. The summed E-state index contributed by atoms with van der Waals surface area (Å²) in [7, 11) is 2.04. The molecule has 0 bridgehead atoms. The molecule has 0 aliphatic heterocycles. The van der Waals surface area contributed by atoms with Gasteiger partial charge in [0.2, 0.25) is 0 Å². The largest absolute Gasteiger partial charge is 0.313 e. The molecule has 0 aromatic heterocycles. The number of rotatable bonds is 10. The van der Waals surface area contributed by atoms with Crippen molar-refractivity contribution in [1.82, 2.24) is 5.32 Å². The lowest BCUT2D eigenvalue weighted by molar-refractivity contribution is 0.496. The molecule has 0 amide bonds. The fourth-order valence-corrected chi connectivity index (χ4v) is 2.60. The molecular formula is C17H28ClN. The molecule has 1 atom stereocenters. The van der Waals surface area contributed by atoms with Crippen LogP contribution >= 0.6 is 11.6 Å². The van der Waals surface area contributed by atoms with Crippen LogP contribution in [-0.4, -0.2) is 7.05 Å². The molecular weight excluding hydrogens is 254 g/mol. The van der Waals surface area contributed by atoms with Crippen molar-refractivity contribution in [3.05, 3.63) is 34.9 Å². The highest BCUT2D eigenvalue weighted by Crippen LogP contribution is 2.21. The van der Waals surface area contributed by atoms with E-state index in [2.05, 4.69) is 24.4 Å². The van der Waals surface area contributed by atoms with Crippen molar-refractivity contribution in [3.63, 3.8) is 0 Å². The van der Waals surface area contributed by atoms with E-state index >= 15 is 0 Å². The molecule has 19 heavy (non-hydrogen) atoms. The van der Waals surface area contributed by atoms with Gasteiger partial charge in [-0.1, -0.05) is 75.6 Å². The number of halogens is 1. The van der Waals surface area contributed by atoms with Gasteiger partial charge in [-0.25, -0.2) is 0 Å². The lowest BCUT2D eigenvalue weighted by atomic mass is 9.99. The van der Waals surface area contributed by atoms with Gasteiger partial charge in [-0.2, -0.15) is 0 Å². The van der Waals surface area contributed by atoms with Gasteiger partial charge in [0.15, 0.2) is 0 Å². The Kier molecular flexibility index (Phi) is 8.94. The first kappa shape index (κ1) is 16.5. The van der Waals surface area contributed by atoms with Gasteiger partial charge < -0.3 is 5.32 Å². The molecule has 0 aliphatic rings. The van der Waals surface area contributed by atoms with Crippen molar-refractivity contribution in [2.45, 2.75) is 64.3 Å². The van der Waals surface area contributed by atoms with E-state index in [0.29, 0.717) is 6.04 Å². The summed E-state index contributed by atoms with van der Waals surface area (Å²) in [6, 6.07) is 8.68. The number of hydrogen-bond donors (Lipinski definition) is 1. The van der Waals surface area contributed by atoms with E-state index in [4.69, 9.17) is 11.6 Å². The topological polar surface area (TPSA) is 12.0 Å². The van der Waals surface area contributed by atoms with Crippen molar-refractivity contribution in [3.8, 4) is 0 Å². The van der Waals surface area contributed by atoms with Crippen LogP contribution in [0.5, 0.6) is 0 Å². The van der Waals surface area contributed by atoms with Crippen molar-refractivity contribution in [2.75, 3.05) is 7.05 Å². The molecule has 1 aromatic rings. The standard InChI is InChI=1S/C17H28ClN/c1-3-4-5-6-7-8-9-10-17(19-2)15-11-13-16(18)14-12-15/h11-14,17,19H,3-10H2,1-2H3. The van der Waals surface area contributed by atoms with Gasteiger partial charge in [-0.05, 0) is 31.2 Å². The van der Waals surface area contributed by atoms with Crippen LogP contribution in [0.25, 0.3) is 0 Å². The number of hydrogen-bond acceptors (Lipinski definition) is 1. The number of unbranched alkanes of at least 4 members (excludes halogenated alkanes) is 6. The van der Waals surface area contributed by atoms with Crippen LogP contribution < -0.4 is 5.32 Å². The fourth-order valence-electron chi connectivity index (χ4n) is 2.48. The highest BCUT2D eigenvalue weighted by Gasteiger charge is 2.08. The van der Waals surface area contributed by atoms with Gasteiger partial charge in [-0.3, -0.25) is 0 Å². The average Bonchev–Trinajstić information content (AvgIpc) is 2.43. The average molecular weight is 282 g/mol. The summed E-state index contributed by atoms with van der Waals surface area (Å²) in [5.41, 5.74) is 1.35. The van der Waals surface area contributed by atoms with Gasteiger partial charge >= 0.3 is 0 Å². The predicted molar refractivity (Wildman–Crippen MR) is 85.9 cm³/mol. The molecule has 0 fully saturated rings.